The zero-order chi connectivity index (χ0) is 24.2. The molecule has 1 aromatic carbocycles. The average Bonchev–Trinajstić information content (AvgIpc) is 3.29. The van der Waals surface area contributed by atoms with Crippen LogP contribution in [0.2, 0.25) is 18.1 Å². The van der Waals surface area contributed by atoms with Gasteiger partial charge in [0.15, 0.2) is 14.1 Å². The van der Waals surface area contributed by atoms with Crippen LogP contribution in [0.15, 0.2) is 24.3 Å². The molecule has 8 heteroatoms. The Balaban J connectivity index is 1.61. The van der Waals surface area contributed by atoms with Gasteiger partial charge < -0.3 is 19.0 Å². The number of benzene rings is 1. The summed E-state index contributed by atoms with van der Waals surface area (Å²) in [5.74, 6) is 5.60. The van der Waals surface area contributed by atoms with Gasteiger partial charge in [-0.25, -0.2) is 0 Å². The summed E-state index contributed by atoms with van der Waals surface area (Å²) in [7, 11) is -2.34. The minimum Gasteiger partial charge on any atom is -0.399 e. The summed E-state index contributed by atoms with van der Waals surface area (Å²) in [4.78, 5) is 0. The van der Waals surface area contributed by atoms with Gasteiger partial charge in [-0.05, 0) is 48.2 Å². The van der Waals surface area contributed by atoms with Crippen molar-refractivity contribution in [3.8, 4) is 11.8 Å². The van der Waals surface area contributed by atoms with Crippen LogP contribution >= 0.6 is 0 Å². The maximum atomic E-state index is 13.4. The lowest BCUT2D eigenvalue weighted by Crippen LogP contribution is -2.54. The van der Waals surface area contributed by atoms with Crippen LogP contribution in [0, 0.1) is 29.6 Å². The average molecular weight is 483 g/mol. The summed E-state index contributed by atoms with van der Waals surface area (Å²) in [5, 5.41) is 10.7. The molecule has 1 heterocycles. The van der Waals surface area contributed by atoms with Crippen LogP contribution in [-0.2, 0) is 20.1 Å². The standard InChI is InChI=1S/C25H33F3O4Si/c1-23(2,3)33(4,5)32-21(16-7-6-8-18(13-16)25(26,27)28)10-9-17-14-20-19(22(17)29)15-24(20)30-11-12-31-24/h6-8,13,17,19-22,29H,11-12,14-15H2,1-5H3. The Morgan fingerprint density at radius 2 is 1.85 bits per heavy atom. The van der Waals surface area contributed by atoms with E-state index in [9.17, 15) is 18.3 Å². The third kappa shape index (κ3) is 4.63. The predicted octanol–water partition coefficient (Wildman–Crippen LogP) is 5.53. The van der Waals surface area contributed by atoms with Crippen molar-refractivity contribution < 1.29 is 32.2 Å². The van der Waals surface area contributed by atoms with E-state index in [1.54, 1.807) is 6.07 Å². The van der Waals surface area contributed by atoms with Gasteiger partial charge in [0.05, 0.1) is 24.9 Å². The molecular weight excluding hydrogens is 449 g/mol. The monoisotopic (exact) mass is 482 g/mol. The van der Waals surface area contributed by atoms with Gasteiger partial charge in [0.1, 0.15) is 6.10 Å². The highest BCUT2D eigenvalue weighted by Crippen LogP contribution is 2.59. The minimum atomic E-state index is -4.44. The summed E-state index contributed by atoms with van der Waals surface area (Å²) in [6.07, 6.45) is -4.54. The van der Waals surface area contributed by atoms with Crippen molar-refractivity contribution >= 4 is 8.32 Å². The normalized spacial score (nSPS) is 29.8. The second-order valence-electron chi connectivity index (χ2n) is 11.0. The van der Waals surface area contributed by atoms with Crippen molar-refractivity contribution in [1.82, 2.24) is 0 Å². The molecule has 33 heavy (non-hydrogen) atoms. The molecule has 0 bridgehead atoms. The summed E-state index contributed by atoms with van der Waals surface area (Å²) >= 11 is 0. The predicted molar refractivity (Wildman–Crippen MR) is 121 cm³/mol. The van der Waals surface area contributed by atoms with Gasteiger partial charge in [0, 0.05) is 18.3 Å². The smallest absolute Gasteiger partial charge is 0.399 e. The molecule has 1 aliphatic heterocycles. The number of rotatable bonds is 3. The Bertz CT molecular complexity index is 937. The molecule has 2 saturated carbocycles. The highest BCUT2D eigenvalue weighted by Gasteiger charge is 2.64. The molecule has 5 atom stereocenters. The summed E-state index contributed by atoms with van der Waals surface area (Å²) in [5.41, 5.74) is -0.335. The van der Waals surface area contributed by atoms with Gasteiger partial charge in [-0.15, -0.1) is 0 Å². The van der Waals surface area contributed by atoms with Gasteiger partial charge in [0.2, 0.25) is 0 Å². The summed E-state index contributed by atoms with van der Waals surface area (Å²) < 4.78 is 58.2. The minimum absolute atomic E-state index is 0.0794. The van der Waals surface area contributed by atoms with Gasteiger partial charge >= 0.3 is 6.18 Å². The molecule has 0 aromatic heterocycles. The van der Waals surface area contributed by atoms with Crippen molar-refractivity contribution in [2.75, 3.05) is 13.2 Å². The van der Waals surface area contributed by atoms with Crippen LogP contribution in [0.25, 0.3) is 0 Å². The molecule has 4 rings (SSSR count). The van der Waals surface area contributed by atoms with Crippen molar-refractivity contribution in [3.05, 3.63) is 35.4 Å². The molecule has 0 radical (unpaired) electrons. The number of fused-ring (bicyclic) bond motifs is 2. The van der Waals surface area contributed by atoms with Gasteiger partial charge in [0.25, 0.3) is 0 Å². The molecule has 1 spiro atoms. The fourth-order valence-corrected chi connectivity index (χ4v) is 6.01. The van der Waals surface area contributed by atoms with Crippen molar-refractivity contribution in [1.29, 1.82) is 0 Å². The fourth-order valence-electron chi connectivity index (χ4n) is 4.87. The third-order valence-electron chi connectivity index (χ3n) is 7.87. The first kappa shape index (κ1) is 24.7. The summed E-state index contributed by atoms with van der Waals surface area (Å²) in [6.45, 7) is 11.5. The molecule has 4 nitrogen and oxygen atoms in total. The van der Waals surface area contributed by atoms with Crippen LogP contribution in [0.3, 0.4) is 0 Å². The lowest BCUT2D eigenvalue weighted by Gasteiger charge is -2.48. The molecule has 3 aliphatic rings. The van der Waals surface area contributed by atoms with Crippen LogP contribution in [0.5, 0.6) is 0 Å². The van der Waals surface area contributed by atoms with E-state index in [0.29, 0.717) is 31.6 Å². The molecule has 2 aliphatic carbocycles. The number of hydrogen-bond acceptors (Lipinski definition) is 4. The maximum absolute atomic E-state index is 13.4. The topological polar surface area (TPSA) is 47.9 Å². The number of aliphatic hydroxyl groups excluding tert-OH is 1. The van der Waals surface area contributed by atoms with Gasteiger partial charge in [-0.1, -0.05) is 44.7 Å². The zero-order valence-electron chi connectivity index (χ0n) is 19.8. The van der Waals surface area contributed by atoms with E-state index in [2.05, 4.69) is 45.7 Å². The van der Waals surface area contributed by atoms with Crippen molar-refractivity contribution in [2.45, 2.75) is 75.9 Å². The highest BCUT2D eigenvalue weighted by atomic mass is 28.4. The largest absolute Gasteiger partial charge is 0.416 e. The van der Waals surface area contributed by atoms with E-state index in [1.165, 1.54) is 6.07 Å². The second-order valence-corrected chi connectivity index (χ2v) is 15.7. The number of halogens is 3. The maximum Gasteiger partial charge on any atom is 0.416 e. The van der Waals surface area contributed by atoms with Gasteiger partial charge in [-0.3, -0.25) is 0 Å². The third-order valence-corrected chi connectivity index (χ3v) is 12.3. The zero-order valence-corrected chi connectivity index (χ0v) is 20.8. The Morgan fingerprint density at radius 3 is 2.45 bits per heavy atom. The van der Waals surface area contributed by atoms with E-state index in [4.69, 9.17) is 13.9 Å². The quantitative estimate of drug-likeness (QED) is 0.455. The summed E-state index contributed by atoms with van der Waals surface area (Å²) in [6, 6.07) is 5.20. The SMILES string of the molecule is CC(C)(C)[Si](C)(C)OC(C#CC1CC2C(CC23OCCO3)C1O)c1cccc(C(F)(F)F)c1. The Morgan fingerprint density at radius 1 is 1.18 bits per heavy atom. The van der Waals surface area contributed by atoms with E-state index >= 15 is 0 Å². The van der Waals surface area contributed by atoms with Crippen LogP contribution in [0.4, 0.5) is 13.2 Å². The molecule has 1 N–H and O–H groups in total. The lowest BCUT2D eigenvalue weighted by molar-refractivity contribution is -0.275. The van der Waals surface area contributed by atoms with Crippen LogP contribution < -0.4 is 0 Å². The molecule has 3 fully saturated rings. The lowest BCUT2D eigenvalue weighted by atomic mass is 9.69. The molecule has 182 valence electrons. The van der Waals surface area contributed by atoms with E-state index in [1.807, 2.05) is 0 Å². The fraction of sp³-hybridized carbons (Fsp3) is 0.680. The van der Waals surface area contributed by atoms with Crippen molar-refractivity contribution in [3.63, 3.8) is 0 Å². The van der Waals surface area contributed by atoms with Crippen molar-refractivity contribution in [2.24, 2.45) is 17.8 Å². The molecule has 1 saturated heterocycles. The van der Waals surface area contributed by atoms with Crippen LogP contribution in [-0.4, -0.2) is 38.5 Å². The van der Waals surface area contributed by atoms with E-state index in [-0.39, 0.29) is 22.8 Å². The highest BCUT2D eigenvalue weighted by molar-refractivity contribution is 6.74. The molecule has 0 amide bonds. The van der Waals surface area contributed by atoms with E-state index < -0.39 is 38.1 Å². The number of hydrogen-bond donors (Lipinski definition) is 1. The first-order chi connectivity index (χ1) is 15.2. The Hall–Kier alpha value is -1.37. The van der Waals surface area contributed by atoms with Gasteiger partial charge in [-0.2, -0.15) is 13.2 Å². The number of aliphatic hydroxyl groups is 1. The molecular formula is C25H33F3O4Si. The first-order valence-corrected chi connectivity index (χ1v) is 14.5. The Labute approximate surface area is 194 Å². The number of ether oxygens (including phenoxy) is 2. The second kappa shape index (κ2) is 8.38. The molecule has 5 unspecified atom stereocenters. The molecule has 1 aromatic rings. The Kier molecular flexibility index (Phi) is 6.29. The first-order valence-electron chi connectivity index (χ1n) is 11.6. The van der Waals surface area contributed by atoms with E-state index in [0.717, 1.165) is 12.1 Å². The number of alkyl halides is 3. The van der Waals surface area contributed by atoms with Crippen LogP contribution in [0.1, 0.15) is 50.8 Å².